The molecule has 9 heteroatoms. The van der Waals surface area contributed by atoms with Crippen LogP contribution < -0.4 is 5.32 Å². The number of carboxylic acid groups (broad SMARTS) is 1. The van der Waals surface area contributed by atoms with E-state index in [1.807, 2.05) is 6.92 Å². The van der Waals surface area contributed by atoms with Crippen molar-refractivity contribution in [1.82, 2.24) is 19.6 Å². The minimum atomic E-state index is -1.03. The number of carbonyl (C=O) groups excluding carboxylic acids is 1. The first-order valence-electron chi connectivity index (χ1n) is 7.07. The number of hydrogen-bond acceptors (Lipinski definition) is 4. The molecule has 122 valence electrons. The Morgan fingerprint density at radius 2 is 2.00 bits per heavy atom. The molecule has 1 atom stereocenters. The minimum Gasteiger partial charge on any atom is -0.480 e. The number of halogens is 1. The van der Waals surface area contributed by atoms with Gasteiger partial charge in [0.25, 0.3) is 0 Å². The molecule has 0 radical (unpaired) electrons. The van der Waals surface area contributed by atoms with Crippen LogP contribution in [-0.4, -0.2) is 36.5 Å². The van der Waals surface area contributed by atoms with Gasteiger partial charge in [-0.3, -0.25) is 14.3 Å². The van der Waals surface area contributed by atoms with Crippen LogP contribution in [0.1, 0.15) is 34.9 Å². The van der Waals surface area contributed by atoms with Crippen molar-refractivity contribution < 1.29 is 14.7 Å². The number of nitrogens with zero attached hydrogens (tertiary/aromatic N) is 4. The zero-order valence-electron chi connectivity index (χ0n) is 12.9. The van der Waals surface area contributed by atoms with Crippen LogP contribution >= 0.6 is 11.6 Å². The first kappa shape index (κ1) is 15.5. The molecule has 0 saturated heterocycles. The van der Waals surface area contributed by atoms with Crippen molar-refractivity contribution in [2.24, 2.45) is 7.05 Å². The molecule has 0 aliphatic carbocycles. The van der Waals surface area contributed by atoms with Crippen LogP contribution in [0.15, 0.2) is 0 Å². The minimum absolute atomic E-state index is 0.201. The fourth-order valence-corrected chi connectivity index (χ4v) is 3.45. The van der Waals surface area contributed by atoms with Gasteiger partial charge in [0.15, 0.2) is 0 Å². The summed E-state index contributed by atoms with van der Waals surface area (Å²) in [6.45, 7) is 3.31. The van der Waals surface area contributed by atoms with E-state index in [1.54, 1.807) is 18.7 Å². The van der Waals surface area contributed by atoms with Crippen molar-refractivity contribution in [3.63, 3.8) is 0 Å². The number of aliphatic carboxylic acids is 1. The summed E-state index contributed by atoms with van der Waals surface area (Å²) in [6.07, 6.45) is 0.221. The Hall–Kier alpha value is -2.35. The lowest BCUT2D eigenvalue weighted by Gasteiger charge is -2.24. The molecule has 0 aromatic carbocycles. The second kappa shape index (κ2) is 5.38. The van der Waals surface area contributed by atoms with E-state index in [0.717, 1.165) is 16.8 Å². The number of nitrogens with one attached hydrogen (secondary N) is 1. The van der Waals surface area contributed by atoms with Crippen molar-refractivity contribution in [2.75, 3.05) is 5.32 Å². The highest BCUT2D eigenvalue weighted by Crippen LogP contribution is 2.42. The fraction of sp³-hybridized carbons (Fsp3) is 0.429. The second-order valence-electron chi connectivity index (χ2n) is 5.62. The average molecular weight is 338 g/mol. The number of amides is 1. The first-order valence-corrected chi connectivity index (χ1v) is 7.45. The van der Waals surface area contributed by atoms with Crippen LogP contribution in [0.25, 0.3) is 0 Å². The lowest BCUT2D eigenvalue weighted by molar-refractivity contribution is -0.137. The molecule has 2 aromatic heterocycles. The molecule has 0 bridgehead atoms. The van der Waals surface area contributed by atoms with E-state index in [9.17, 15) is 9.59 Å². The van der Waals surface area contributed by atoms with Gasteiger partial charge in [-0.15, -0.1) is 0 Å². The van der Waals surface area contributed by atoms with Crippen LogP contribution in [0.5, 0.6) is 0 Å². The van der Waals surface area contributed by atoms with E-state index in [0.29, 0.717) is 16.7 Å². The average Bonchev–Trinajstić information content (AvgIpc) is 2.86. The molecular weight excluding hydrogens is 322 g/mol. The van der Waals surface area contributed by atoms with Gasteiger partial charge in [0.05, 0.1) is 11.4 Å². The first-order chi connectivity index (χ1) is 10.8. The van der Waals surface area contributed by atoms with Crippen molar-refractivity contribution in [3.05, 3.63) is 27.7 Å². The number of carboxylic acids is 1. The maximum absolute atomic E-state index is 12.1. The predicted octanol–water partition coefficient (Wildman–Crippen LogP) is 1.45. The van der Waals surface area contributed by atoms with Crippen LogP contribution in [-0.2, 0) is 23.2 Å². The highest BCUT2D eigenvalue weighted by Gasteiger charge is 2.35. The number of rotatable bonds is 3. The maximum Gasteiger partial charge on any atom is 0.325 e. The summed E-state index contributed by atoms with van der Waals surface area (Å²) in [5, 5.41) is 20.8. The van der Waals surface area contributed by atoms with Crippen LogP contribution in [0.2, 0.25) is 5.15 Å². The molecule has 2 N–H and O–H groups in total. The Morgan fingerprint density at radius 3 is 2.57 bits per heavy atom. The molecule has 1 amide bonds. The van der Waals surface area contributed by atoms with Crippen molar-refractivity contribution >= 4 is 29.3 Å². The third kappa shape index (κ3) is 2.48. The SMILES string of the molecule is Cc1nn(C)c(Cl)c1C1CC(=O)Nc2c1c(C)nn2CC(=O)O. The van der Waals surface area contributed by atoms with E-state index < -0.39 is 5.97 Å². The maximum atomic E-state index is 12.1. The molecule has 3 heterocycles. The van der Waals surface area contributed by atoms with Gasteiger partial charge in [0.2, 0.25) is 5.91 Å². The third-order valence-corrected chi connectivity index (χ3v) is 4.45. The molecule has 0 saturated carbocycles. The summed E-state index contributed by atoms with van der Waals surface area (Å²) in [4.78, 5) is 23.1. The van der Waals surface area contributed by atoms with E-state index in [1.165, 1.54) is 4.68 Å². The summed E-state index contributed by atoms with van der Waals surface area (Å²) in [5.74, 6) is -1.09. The standard InChI is InChI=1S/C14H16ClN5O3/c1-6-11(13(15)19(3)17-6)8-4-9(21)16-14-12(8)7(2)18-20(14)5-10(22)23/h8H,4-5H2,1-3H3,(H,16,21)(H,22,23). The van der Waals surface area contributed by atoms with E-state index in [2.05, 4.69) is 15.5 Å². The zero-order chi connectivity index (χ0) is 16.9. The van der Waals surface area contributed by atoms with Gasteiger partial charge in [-0.25, -0.2) is 4.68 Å². The molecular formula is C14H16ClN5O3. The van der Waals surface area contributed by atoms with Gasteiger partial charge in [0, 0.05) is 30.5 Å². The van der Waals surface area contributed by atoms with E-state index >= 15 is 0 Å². The molecule has 0 fully saturated rings. The second-order valence-corrected chi connectivity index (χ2v) is 5.98. The lowest BCUT2D eigenvalue weighted by atomic mass is 9.86. The lowest BCUT2D eigenvalue weighted by Crippen LogP contribution is -2.26. The molecule has 1 aliphatic rings. The van der Waals surface area contributed by atoms with Crippen LogP contribution in [0, 0.1) is 13.8 Å². The third-order valence-electron chi connectivity index (χ3n) is 4.00. The normalized spacial score (nSPS) is 17.0. The predicted molar refractivity (Wildman–Crippen MR) is 82.6 cm³/mol. The number of aryl methyl sites for hydroxylation is 3. The van der Waals surface area contributed by atoms with E-state index in [-0.39, 0.29) is 24.8 Å². The quantitative estimate of drug-likeness (QED) is 0.882. The Labute approximate surface area is 137 Å². The smallest absolute Gasteiger partial charge is 0.325 e. The molecule has 8 nitrogen and oxygen atoms in total. The number of fused-ring (bicyclic) bond motifs is 1. The number of aromatic nitrogens is 4. The van der Waals surface area contributed by atoms with Gasteiger partial charge in [-0.1, -0.05) is 11.6 Å². The van der Waals surface area contributed by atoms with Crippen molar-refractivity contribution in [2.45, 2.75) is 32.7 Å². The molecule has 1 aliphatic heterocycles. The van der Waals surface area contributed by atoms with Gasteiger partial charge < -0.3 is 10.4 Å². The van der Waals surface area contributed by atoms with Crippen molar-refractivity contribution in [1.29, 1.82) is 0 Å². The van der Waals surface area contributed by atoms with Gasteiger partial charge in [-0.05, 0) is 13.8 Å². The topological polar surface area (TPSA) is 102 Å². The van der Waals surface area contributed by atoms with Crippen LogP contribution in [0.4, 0.5) is 5.82 Å². The molecule has 0 spiro atoms. The summed E-state index contributed by atoms with van der Waals surface area (Å²) in [6, 6.07) is 0. The Balaban J connectivity index is 2.18. The highest BCUT2D eigenvalue weighted by atomic mass is 35.5. The van der Waals surface area contributed by atoms with Gasteiger partial charge in [-0.2, -0.15) is 10.2 Å². The zero-order valence-corrected chi connectivity index (χ0v) is 13.7. The monoisotopic (exact) mass is 337 g/mol. The Morgan fingerprint density at radius 1 is 1.35 bits per heavy atom. The Kier molecular flexibility index (Phi) is 3.63. The van der Waals surface area contributed by atoms with Gasteiger partial charge >= 0.3 is 5.97 Å². The fourth-order valence-electron chi connectivity index (χ4n) is 3.15. The summed E-state index contributed by atoms with van der Waals surface area (Å²) >= 11 is 6.35. The highest BCUT2D eigenvalue weighted by molar-refractivity contribution is 6.30. The summed E-state index contributed by atoms with van der Waals surface area (Å²) in [5.41, 5.74) is 2.99. The van der Waals surface area contributed by atoms with Gasteiger partial charge in [0.1, 0.15) is 17.5 Å². The molecule has 23 heavy (non-hydrogen) atoms. The number of anilines is 1. The largest absolute Gasteiger partial charge is 0.480 e. The molecule has 1 unspecified atom stereocenters. The van der Waals surface area contributed by atoms with Crippen molar-refractivity contribution in [3.8, 4) is 0 Å². The number of hydrogen-bond donors (Lipinski definition) is 2. The van der Waals surface area contributed by atoms with Crippen LogP contribution in [0.3, 0.4) is 0 Å². The van der Waals surface area contributed by atoms with E-state index in [4.69, 9.17) is 16.7 Å². The summed E-state index contributed by atoms with van der Waals surface area (Å²) < 4.78 is 2.87. The molecule has 3 rings (SSSR count). The number of carbonyl (C=O) groups is 2. The summed E-state index contributed by atoms with van der Waals surface area (Å²) in [7, 11) is 1.74. The molecule has 2 aromatic rings. The Bertz CT molecular complexity index is 823.